The summed E-state index contributed by atoms with van der Waals surface area (Å²) in [5.41, 5.74) is 2.96. The molecule has 1 aliphatic heterocycles. The van der Waals surface area contributed by atoms with Crippen LogP contribution < -0.4 is 10.2 Å². The fourth-order valence-electron chi connectivity index (χ4n) is 3.93. The van der Waals surface area contributed by atoms with Gasteiger partial charge in [0, 0.05) is 30.6 Å². The highest BCUT2D eigenvalue weighted by atomic mass is 35.5. The first-order valence-electron chi connectivity index (χ1n) is 10.9. The molecule has 0 saturated carbocycles. The summed E-state index contributed by atoms with van der Waals surface area (Å²) in [6.07, 6.45) is 4.69. The number of halogens is 1. The van der Waals surface area contributed by atoms with Crippen LogP contribution in [0.15, 0.2) is 30.5 Å². The number of hydrogen-bond donors (Lipinski definition) is 1. The van der Waals surface area contributed by atoms with Crippen molar-refractivity contribution >= 4 is 40.4 Å². The Balaban J connectivity index is 1.41. The molecule has 168 valence electrons. The summed E-state index contributed by atoms with van der Waals surface area (Å²) in [6, 6.07) is 8.09. The van der Waals surface area contributed by atoms with Gasteiger partial charge in [-0.05, 0) is 58.0 Å². The van der Waals surface area contributed by atoms with E-state index in [1.165, 1.54) is 0 Å². The zero-order chi connectivity index (χ0) is 22.7. The number of carbonyl (C=O) groups excluding carboxylic acids is 1. The van der Waals surface area contributed by atoms with Crippen LogP contribution in [0.1, 0.15) is 30.5 Å². The third kappa shape index (κ3) is 5.31. The molecule has 9 heteroatoms. The van der Waals surface area contributed by atoms with Crippen LogP contribution in [0.25, 0.3) is 11.2 Å². The summed E-state index contributed by atoms with van der Waals surface area (Å²) in [4.78, 5) is 35.1. The van der Waals surface area contributed by atoms with Crippen molar-refractivity contribution in [3.8, 4) is 0 Å². The van der Waals surface area contributed by atoms with Gasteiger partial charge in [0.25, 0.3) is 0 Å². The summed E-state index contributed by atoms with van der Waals surface area (Å²) < 4.78 is 0. The number of rotatable bonds is 6. The SMILES string of the molecule is Cc1nc(N2CCC(N(C)C)CC2)nc2ncc(NC(=O)CCc3ccc(Cl)cc3)nc12. The van der Waals surface area contributed by atoms with E-state index in [-0.39, 0.29) is 5.91 Å². The van der Waals surface area contributed by atoms with Crippen molar-refractivity contribution in [2.24, 2.45) is 0 Å². The predicted octanol–water partition coefficient (Wildman–Crippen LogP) is 3.48. The normalized spacial score (nSPS) is 14.8. The van der Waals surface area contributed by atoms with Gasteiger partial charge >= 0.3 is 0 Å². The van der Waals surface area contributed by atoms with Gasteiger partial charge in [0.2, 0.25) is 11.9 Å². The molecule has 1 aromatic carbocycles. The molecule has 3 aromatic rings. The number of aromatic nitrogens is 4. The lowest BCUT2D eigenvalue weighted by Crippen LogP contribution is -2.42. The van der Waals surface area contributed by atoms with Gasteiger partial charge in [-0.25, -0.2) is 15.0 Å². The molecule has 3 heterocycles. The first-order valence-corrected chi connectivity index (χ1v) is 11.2. The Hall–Kier alpha value is -2.84. The molecule has 0 radical (unpaired) electrons. The van der Waals surface area contributed by atoms with Crippen molar-refractivity contribution in [3.05, 3.63) is 46.7 Å². The van der Waals surface area contributed by atoms with Crippen LogP contribution in [0.4, 0.5) is 11.8 Å². The number of benzene rings is 1. The van der Waals surface area contributed by atoms with Crippen LogP contribution in [-0.2, 0) is 11.2 Å². The van der Waals surface area contributed by atoms with Crippen LogP contribution in [0.3, 0.4) is 0 Å². The van der Waals surface area contributed by atoms with E-state index in [1.807, 2.05) is 31.2 Å². The first-order chi connectivity index (χ1) is 15.4. The van der Waals surface area contributed by atoms with E-state index in [0.29, 0.717) is 46.8 Å². The first kappa shape index (κ1) is 22.4. The molecule has 2 aromatic heterocycles. The molecule has 1 fully saturated rings. The third-order valence-corrected chi connectivity index (χ3v) is 6.12. The van der Waals surface area contributed by atoms with Crippen LogP contribution in [0, 0.1) is 6.92 Å². The molecule has 8 nitrogen and oxygen atoms in total. The minimum Gasteiger partial charge on any atom is -0.341 e. The van der Waals surface area contributed by atoms with Crippen molar-refractivity contribution < 1.29 is 4.79 Å². The lowest BCUT2D eigenvalue weighted by Gasteiger charge is -2.35. The van der Waals surface area contributed by atoms with Gasteiger partial charge in [-0.3, -0.25) is 4.79 Å². The highest BCUT2D eigenvalue weighted by Gasteiger charge is 2.23. The molecular formula is C23H28ClN7O. The summed E-state index contributed by atoms with van der Waals surface area (Å²) in [7, 11) is 4.25. The Morgan fingerprint density at radius 3 is 2.56 bits per heavy atom. The number of fused-ring (bicyclic) bond motifs is 1. The smallest absolute Gasteiger partial charge is 0.227 e. The van der Waals surface area contributed by atoms with Crippen LogP contribution in [0.5, 0.6) is 0 Å². The highest BCUT2D eigenvalue weighted by molar-refractivity contribution is 6.30. The molecule has 0 unspecified atom stereocenters. The Kier molecular flexibility index (Phi) is 6.81. The minimum atomic E-state index is -0.118. The predicted molar refractivity (Wildman–Crippen MR) is 127 cm³/mol. The Morgan fingerprint density at radius 2 is 1.88 bits per heavy atom. The van der Waals surface area contributed by atoms with Gasteiger partial charge in [-0.1, -0.05) is 23.7 Å². The summed E-state index contributed by atoms with van der Waals surface area (Å²) in [5, 5.41) is 3.51. The maximum Gasteiger partial charge on any atom is 0.227 e. The Morgan fingerprint density at radius 1 is 1.16 bits per heavy atom. The van der Waals surface area contributed by atoms with Gasteiger partial charge in [0.15, 0.2) is 11.5 Å². The molecule has 1 aliphatic rings. The van der Waals surface area contributed by atoms with E-state index in [2.05, 4.69) is 49.1 Å². The lowest BCUT2D eigenvalue weighted by molar-refractivity contribution is -0.116. The van der Waals surface area contributed by atoms with Crippen LogP contribution in [-0.4, -0.2) is 64.0 Å². The van der Waals surface area contributed by atoms with Crippen molar-refractivity contribution in [2.75, 3.05) is 37.4 Å². The second-order valence-corrected chi connectivity index (χ2v) is 8.83. The number of anilines is 2. The van der Waals surface area contributed by atoms with Crippen molar-refractivity contribution in [1.29, 1.82) is 0 Å². The maximum atomic E-state index is 12.4. The molecule has 1 amide bonds. The maximum absolute atomic E-state index is 12.4. The average molecular weight is 454 g/mol. The molecule has 32 heavy (non-hydrogen) atoms. The third-order valence-electron chi connectivity index (χ3n) is 5.87. The molecular weight excluding hydrogens is 426 g/mol. The number of nitrogens with one attached hydrogen (secondary N) is 1. The van der Waals surface area contributed by atoms with Gasteiger partial charge in [-0.2, -0.15) is 4.98 Å². The van der Waals surface area contributed by atoms with E-state index in [9.17, 15) is 4.79 Å². The largest absolute Gasteiger partial charge is 0.341 e. The molecule has 1 saturated heterocycles. The number of nitrogens with zero attached hydrogens (tertiary/aromatic N) is 6. The van der Waals surface area contributed by atoms with E-state index in [4.69, 9.17) is 11.6 Å². The quantitative estimate of drug-likeness (QED) is 0.611. The fourth-order valence-corrected chi connectivity index (χ4v) is 4.05. The standard InChI is InChI=1S/C23H28ClN7O/c1-15-21-22(29-23(26-15)31-12-10-18(11-13-31)30(2)3)25-14-19(28-21)27-20(32)9-6-16-4-7-17(24)8-5-16/h4-5,7-8,14,18H,6,9-13H2,1-3H3,(H,27,28,32). The van der Waals surface area contributed by atoms with Gasteiger partial charge in [-0.15, -0.1) is 0 Å². The van der Waals surface area contributed by atoms with E-state index in [1.54, 1.807) is 6.20 Å². The minimum absolute atomic E-state index is 0.118. The topological polar surface area (TPSA) is 87.1 Å². The average Bonchev–Trinajstić information content (AvgIpc) is 2.79. The molecule has 0 spiro atoms. The summed E-state index contributed by atoms with van der Waals surface area (Å²) in [5.74, 6) is 0.985. The zero-order valence-electron chi connectivity index (χ0n) is 18.7. The Bertz CT molecular complexity index is 1100. The van der Waals surface area contributed by atoms with Crippen LogP contribution in [0.2, 0.25) is 5.02 Å². The second kappa shape index (κ2) is 9.75. The number of aryl methyl sites for hydroxylation is 2. The zero-order valence-corrected chi connectivity index (χ0v) is 19.4. The van der Waals surface area contributed by atoms with Gasteiger partial charge in [0.05, 0.1) is 11.9 Å². The summed E-state index contributed by atoms with van der Waals surface area (Å²) >= 11 is 5.90. The Labute approximate surface area is 193 Å². The fraction of sp³-hybridized carbons (Fsp3) is 0.435. The number of piperidine rings is 1. The van der Waals surface area contributed by atoms with Crippen molar-refractivity contribution in [3.63, 3.8) is 0 Å². The van der Waals surface area contributed by atoms with Gasteiger partial charge in [0.1, 0.15) is 5.52 Å². The number of carbonyl (C=O) groups is 1. The van der Waals surface area contributed by atoms with Gasteiger partial charge < -0.3 is 15.1 Å². The lowest BCUT2D eigenvalue weighted by atomic mass is 10.0. The van der Waals surface area contributed by atoms with E-state index in [0.717, 1.165) is 37.2 Å². The molecule has 0 atom stereocenters. The van der Waals surface area contributed by atoms with Crippen LogP contribution >= 0.6 is 11.6 Å². The van der Waals surface area contributed by atoms with E-state index < -0.39 is 0 Å². The number of hydrogen-bond acceptors (Lipinski definition) is 7. The molecule has 4 rings (SSSR count). The van der Waals surface area contributed by atoms with Crippen molar-refractivity contribution in [1.82, 2.24) is 24.8 Å². The summed E-state index contributed by atoms with van der Waals surface area (Å²) in [6.45, 7) is 3.74. The highest BCUT2D eigenvalue weighted by Crippen LogP contribution is 2.22. The monoisotopic (exact) mass is 453 g/mol. The molecule has 1 N–H and O–H groups in total. The molecule has 0 aliphatic carbocycles. The van der Waals surface area contributed by atoms with Crippen molar-refractivity contribution in [2.45, 2.75) is 38.6 Å². The number of amides is 1. The molecule has 0 bridgehead atoms. The van der Waals surface area contributed by atoms with E-state index >= 15 is 0 Å². The second-order valence-electron chi connectivity index (χ2n) is 8.39.